The van der Waals surface area contributed by atoms with E-state index >= 15 is 0 Å². The Kier molecular flexibility index (Phi) is 2.72. The Morgan fingerprint density at radius 1 is 0.737 bits per heavy atom. The van der Waals surface area contributed by atoms with E-state index in [1.807, 2.05) is 36.4 Å². The fraction of sp³-hybridized carbons (Fsp3) is 0. The fourth-order valence-corrected chi connectivity index (χ4v) is 2.03. The molecule has 3 aromatic rings. The second-order valence-corrected chi connectivity index (χ2v) is 4.37. The molecule has 0 aliphatic heterocycles. The Labute approximate surface area is 111 Å². The van der Waals surface area contributed by atoms with Crippen LogP contribution in [0.15, 0.2) is 60.7 Å². The van der Waals surface area contributed by atoms with Crippen LogP contribution in [-0.2, 0) is 0 Å². The highest BCUT2D eigenvalue weighted by Gasteiger charge is 2.04. The van der Waals surface area contributed by atoms with Crippen molar-refractivity contribution in [3.05, 3.63) is 60.7 Å². The van der Waals surface area contributed by atoms with Crippen molar-refractivity contribution in [3.8, 4) is 11.5 Å². The van der Waals surface area contributed by atoms with E-state index in [-0.39, 0.29) is 0 Å². The predicted octanol–water partition coefficient (Wildman–Crippen LogP) is 3.80. The number of benzene rings is 3. The molecule has 3 aromatic carbocycles. The van der Waals surface area contributed by atoms with Crippen LogP contribution >= 0.6 is 0 Å². The first-order valence-corrected chi connectivity index (χ1v) is 6.04. The lowest BCUT2D eigenvalue weighted by Gasteiger charge is -2.10. The van der Waals surface area contributed by atoms with E-state index in [2.05, 4.69) is 12.1 Å². The fourth-order valence-electron chi connectivity index (χ4n) is 2.03. The molecule has 0 aliphatic carbocycles. The second kappa shape index (κ2) is 4.53. The van der Waals surface area contributed by atoms with Gasteiger partial charge in [-0.1, -0.05) is 36.4 Å². The van der Waals surface area contributed by atoms with Gasteiger partial charge < -0.3 is 16.2 Å². The summed E-state index contributed by atoms with van der Waals surface area (Å²) in [5.74, 6) is 1.49. The maximum atomic E-state index is 5.89. The van der Waals surface area contributed by atoms with Gasteiger partial charge in [0.05, 0.1) is 11.4 Å². The van der Waals surface area contributed by atoms with Gasteiger partial charge in [0.25, 0.3) is 0 Å². The molecular weight excluding hydrogens is 236 g/mol. The number of nitrogen functional groups attached to an aromatic ring is 2. The van der Waals surface area contributed by atoms with Crippen molar-refractivity contribution in [2.75, 3.05) is 11.5 Å². The second-order valence-electron chi connectivity index (χ2n) is 4.37. The minimum Gasteiger partial charge on any atom is -0.457 e. The third-order valence-electron chi connectivity index (χ3n) is 3.04. The molecule has 4 N–H and O–H groups in total. The largest absolute Gasteiger partial charge is 0.457 e. The molecule has 19 heavy (non-hydrogen) atoms. The van der Waals surface area contributed by atoms with E-state index < -0.39 is 0 Å². The third kappa shape index (κ3) is 2.18. The summed E-state index contributed by atoms with van der Waals surface area (Å²) in [6.45, 7) is 0. The van der Waals surface area contributed by atoms with E-state index in [0.717, 1.165) is 16.5 Å². The van der Waals surface area contributed by atoms with Gasteiger partial charge in [-0.2, -0.15) is 0 Å². The first-order chi connectivity index (χ1) is 9.24. The predicted molar refractivity (Wildman–Crippen MR) is 79.3 cm³/mol. The molecule has 3 rings (SSSR count). The first-order valence-electron chi connectivity index (χ1n) is 6.04. The quantitative estimate of drug-likeness (QED) is 0.680. The number of rotatable bonds is 2. The molecule has 0 bridgehead atoms. The third-order valence-corrected chi connectivity index (χ3v) is 3.04. The molecule has 0 atom stereocenters. The molecule has 3 heteroatoms. The first kappa shape index (κ1) is 11.4. The highest BCUT2D eigenvalue weighted by atomic mass is 16.5. The SMILES string of the molecule is Nc1ccc(Oc2cccc3ccccc23)cc1N. The van der Waals surface area contributed by atoms with Gasteiger partial charge in [0.15, 0.2) is 0 Å². The number of hydrogen-bond donors (Lipinski definition) is 2. The zero-order chi connectivity index (χ0) is 13.2. The summed E-state index contributed by atoms with van der Waals surface area (Å²) >= 11 is 0. The summed E-state index contributed by atoms with van der Waals surface area (Å²) in [5, 5.41) is 2.21. The molecule has 0 aromatic heterocycles. The van der Waals surface area contributed by atoms with Crippen molar-refractivity contribution in [2.45, 2.75) is 0 Å². The van der Waals surface area contributed by atoms with Crippen LogP contribution in [0.5, 0.6) is 11.5 Å². The molecule has 0 saturated heterocycles. The van der Waals surface area contributed by atoms with Crippen LogP contribution in [-0.4, -0.2) is 0 Å². The van der Waals surface area contributed by atoms with Crippen LogP contribution in [0, 0.1) is 0 Å². The molecule has 0 radical (unpaired) electrons. The van der Waals surface area contributed by atoms with Crippen molar-refractivity contribution in [2.24, 2.45) is 0 Å². The van der Waals surface area contributed by atoms with Gasteiger partial charge in [-0.3, -0.25) is 0 Å². The summed E-state index contributed by atoms with van der Waals surface area (Å²) < 4.78 is 5.89. The number of fused-ring (bicyclic) bond motifs is 1. The molecule has 0 spiro atoms. The summed E-state index contributed by atoms with van der Waals surface area (Å²) in [6, 6.07) is 19.3. The molecule has 3 nitrogen and oxygen atoms in total. The van der Waals surface area contributed by atoms with Gasteiger partial charge in [0, 0.05) is 11.5 Å². The number of nitrogens with two attached hydrogens (primary N) is 2. The van der Waals surface area contributed by atoms with Gasteiger partial charge in [0.1, 0.15) is 11.5 Å². The Hall–Kier alpha value is -2.68. The molecule has 94 valence electrons. The van der Waals surface area contributed by atoms with E-state index in [0.29, 0.717) is 17.1 Å². The van der Waals surface area contributed by atoms with Gasteiger partial charge >= 0.3 is 0 Å². The summed E-state index contributed by atoms with van der Waals surface area (Å²) in [5.41, 5.74) is 12.6. The summed E-state index contributed by atoms with van der Waals surface area (Å²) in [7, 11) is 0. The number of ether oxygens (including phenoxy) is 1. The van der Waals surface area contributed by atoms with Crippen molar-refractivity contribution in [1.29, 1.82) is 0 Å². The van der Waals surface area contributed by atoms with E-state index in [1.54, 1.807) is 12.1 Å². The normalized spacial score (nSPS) is 10.5. The van der Waals surface area contributed by atoms with Crippen LogP contribution in [0.4, 0.5) is 11.4 Å². The lowest BCUT2D eigenvalue weighted by molar-refractivity contribution is 0.489. The Bertz CT molecular complexity index is 732. The van der Waals surface area contributed by atoms with Crippen molar-refractivity contribution in [1.82, 2.24) is 0 Å². The average Bonchev–Trinajstić information content (AvgIpc) is 2.43. The molecule has 0 aliphatic rings. The van der Waals surface area contributed by atoms with Gasteiger partial charge in [-0.05, 0) is 23.6 Å². The average molecular weight is 250 g/mol. The van der Waals surface area contributed by atoms with Gasteiger partial charge in [-0.15, -0.1) is 0 Å². The maximum Gasteiger partial charge on any atom is 0.135 e. The minimum absolute atomic E-state index is 0.526. The Balaban J connectivity index is 2.03. The number of anilines is 2. The smallest absolute Gasteiger partial charge is 0.135 e. The summed E-state index contributed by atoms with van der Waals surface area (Å²) in [6.07, 6.45) is 0. The van der Waals surface area contributed by atoms with E-state index in [1.165, 1.54) is 0 Å². The monoisotopic (exact) mass is 250 g/mol. The zero-order valence-corrected chi connectivity index (χ0v) is 10.3. The van der Waals surface area contributed by atoms with Crippen LogP contribution in [0.25, 0.3) is 10.8 Å². The highest BCUT2D eigenvalue weighted by Crippen LogP contribution is 2.31. The van der Waals surface area contributed by atoms with Gasteiger partial charge in [-0.25, -0.2) is 0 Å². The lowest BCUT2D eigenvalue weighted by atomic mass is 10.1. The molecule has 0 heterocycles. The van der Waals surface area contributed by atoms with Crippen LogP contribution in [0.3, 0.4) is 0 Å². The molecule has 0 unspecified atom stereocenters. The van der Waals surface area contributed by atoms with E-state index in [9.17, 15) is 0 Å². The highest BCUT2D eigenvalue weighted by molar-refractivity contribution is 5.88. The Morgan fingerprint density at radius 2 is 1.53 bits per heavy atom. The zero-order valence-electron chi connectivity index (χ0n) is 10.3. The van der Waals surface area contributed by atoms with E-state index in [4.69, 9.17) is 16.2 Å². The lowest BCUT2D eigenvalue weighted by Crippen LogP contribution is -1.95. The molecule has 0 fully saturated rings. The molecule has 0 saturated carbocycles. The summed E-state index contributed by atoms with van der Waals surface area (Å²) in [4.78, 5) is 0. The topological polar surface area (TPSA) is 61.3 Å². The van der Waals surface area contributed by atoms with Gasteiger partial charge in [0.2, 0.25) is 0 Å². The van der Waals surface area contributed by atoms with Crippen LogP contribution in [0.2, 0.25) is 0 Å². The van der Waals surface area contributed by atoms with Crippen LogP contribution < -0.4 is 16.2 Å². The molecule has 0 amide bonds. The maximum absolute atomic E-state index is 5.89. The van der Waals surface area contributed by atoms with Crippen molar-refractivity contribution < 1.29 is 4.74 Å². The number of hydrogen-bond acceptors (Lipinski definition) is 3. The van der Waals surface area contributed by atoms with Crippen LogP contribution in [0.1, 0.15) is 0 Å². The van der Waals surface area contributed by atoms with Crippen molar-refractivity contribution >= 4 is 22.1 Å². The standard InChI is InChI=1S/C16H14N2O/c17-14-9-8-12(10-15(14)18)19-16-7-3-5-11-4-1-2-6-13(11)16/h1-10H,17-18H2. The molecular formula is C16H14N2O. The Morgan fingerprint density at radius 3 is 2.37 bits per heavy atom. The van der Waals surface area contributed by atoms with Crippen molar-refractivity contribution in [3.63, 3.8) is 0 Å². The minimum atomic E-state index is 0.526.